The summed E-state index contributed by atoms with van der Waals surface area (Å²) in [5.41, 5.74) is 2.23. The van der Waals surface area contributed by atoms with E-state index in [4.69, 9.17) is 4.52 Å². The van der Waals surface area contributed by atoms with Gasteiger partial charge in [0.05, 0.1) is 6.54 Å². The van der Waals surface area contributed by atoms with Crippen LogP contribution in [0.5, 0.6) is 0 Å². The van der Waals surface area contributed by atoms with E-state index in [1.165, 1.54) is 0 Å². The van der Waals surface area contributed by atoms with E-state index in [-0.39, 0.29) is 18.5 Å². The number of carbonyl (C=O) groups excluding carboxylic acids is 2. The number of aryl methyl sites for hydroxylation is 1. The second kappa shape index (κ2) is 6.44. The van der Waals surface area contributed by atoms with E-state index < -0.39 is 0 Å². The molecule has 8 heteroatoms. The number of anilines is 1. The van der Waals surface area contributed by atoms with Crippen LogP contribution in [0.4, 0.5) is 10.5 Å². The van der Waals surface area contributed by atoms with Crippen molar-refractivity contribution in [3.8, 4) is 0 Å². The highest BCUT2D eigenvalue weighted by atomic mass is 16.5. The lowest BCUT2D eigenvalue weighted by atomic mass is 10.1. The fourth-order valence-electron chi connectivity index (χ4n) is 3.07. The predicted molar refractivity (Wildman–Crippen MR) is 94.0 cm³/mol. The lowest BCUT2D eigenvalue weighted by molar-refractivity contribution is 0.0769. The van der Waals surface area contributed by atoms with E-state index in [1.807, 2.05) is 13.0 Å². The number of carbonyl (C=O) groups is 2. The molecule has 1 N–H and O–H groups in total. The minimum Gasteiger partial charge on any atom is -0.337 e. The minimum atomic E-state index is -0.156. The number of aromatic nitrogens is 2. The summed E-state index contributed by atoms with van der Waals surface area (Å²) in [6, 6.07) is 5.27. The Morgan fingerprint density at radius 1 is 1.42 bits per heavy atom. The maximum atomic E-state index is 12.8. The largest absolute Gasteiger partial charge is 0.337 e. The number of rotatable bonds is 5. The second-order valence-electron chi connectivity index (χ2n) is 6.87. The third-order valence-corrected chi connectivity index (χ3v) is 4.75. The standard InChI is InChI=1S/C18H21N5O3/c1-11-3-4-13(9-14(11)23-8-7-19-18(23)25)17(24)22(2)10-15-20-16(21-26-15)12-5-6-12/h3-4,9,12H,5-8,10H2,1-2H3,(H,19,25). The molecule has 1 saturated carbocycles. The molecule has 1 aromatic carbocycles. The molecule has 3 amide bonds. The van der Waals surface area contributed by atoms with E-state index in [0.717, 1.165) is 29.9 Å². The van der Waals surface area contributed by atoms with Gasteiger partial charge in [0.2, 0.25) is 5.89 Å². The third-order valence-electron chi connectivity index (χ3n) is 4.75. The highest BCUT2D eigenvalue weighted by Gasteiger charge is 2.29. The average Bonchev–Trinajstić information content (AvgIpc) is 3.23. The van der Waals surface area contributed by atoms with Crippen molar-refractivity contribution in [3.05, 3.63) is 41.0 Å². The second-order valence-corrected chi connectivity index (χ2v) is 6.87. The topological polar surface area (TPSA) is 91.6 Å². The Balaban J connectivity index is 1.50. The molecule has 2 fully saturated rings. The van der Waals surface area contributed by atoms with Gasteiger partial charge in [-0.3, -0.25) is 9.69 Å². The number of benzene rings is 1. The molecule has 8 nitrogen and oxygen atoms in total. The van der Waals surface area contributed by atoms with Crippen LogP contribution < -0.4 is 10.2 Å². The molecule has 1 saturated heterocycles. The molecule has 0 unspecified atom stereocenters. The van der Waals surface area contributed by atoms with Crippen molar-refractivity contribution in [2.45, 2.75) is 32.2 Å². The highest BCUT2D eigenvalue weighted by molar-refractivity contribution is 5.99. The average molecular weight is 355 g/mol. The minimum absolute atomic E-state index is 0.135. The van der Waals surface area contributed by atoms with Gasteiger partial charge >= 0.3 is 6.03 Å². The van der Waals surface area contributed by atoms with Gasteiger partial charge in [-0.15, -0.1) is 0 Å². The SMILES string of the molecule is Cc1ccc(C(=O)N(C)Cc2nc(C3CC3)no2)cc1N1CCNC1=O. The summed E-state index contributed by atoms with van der Waals surface area (Å²) < 4.78 is 5.24. The Labute approximate surface area is 151 Å². The molecule has 0 bridgehead atoms. The third kappa shape index (κ3) is 3.14. The lowest BCUT2D eigenvalue weighted by Crippen LogP contribution is -2.29. The molecule has 2 aromatic rings. The van der Waals surface area contributed by atoms with Gasteiger partial charge in [-0.1, -0.05) is 11.2 Å². The van der Waals surface area contributed by atoms with Crippen LogP contribution in [0.2, 0.25) is 0 Å². The lowest BCUT2D eigenvalue weighted by Gasteiger charge is -2.20. The fourth-order valence-corrected chi connectivity index (χ4v) is 3.07. The van der Waals surface area contributed by atoms with Crippen LogP contribution in [-0.4, -0.2) is 47.1 Å². The van der Waals surface area contributed by atoms with E-state index in [0.29, 0.717) is 30.5 Å². The van der Waals surface area contributed by atoms with Gasteiger partial charge in [-0.25, -0.2) is 4.79 Å². The van der Waals surface area contributed by atoms with Crippen molar-refractivity contribution < 1.29 is 14.1 Å². The Morgan fingerprint density at radius 2 is 2.23 bits per heavy atom. The molecule has 2 heterocycles. The molecule has 0 radical (unpaired) electrons. The van der Waals surface area contributed by atoms with E-state index in [9.17, 15) is 9.59 Å². The van der Waals surface area contributed by atoms with E-state index in [2.05, 4.69) is 15.5 Å². The van der Waals surface area contributed by atoms with Gasteiger partial charge in [0.1, 0.15) is 0 Å². The van der Waals surface area contributed by atoms with E-state index >= 15 is 0 Å². The Kier molecular flexibility index (Phi) is 4.10. The van der Waals surface area contributed by atoms with Crippen molar-refractivity contribution in [2.75, 3.05) is 25.0 Å². The van der Waals surface area contributed by atoms with Gasteiger partial charge in [-0.05, 0) is 37.5 Å². The maximum Gasteiger partial charge on any atom is 0.322 e. The zero-order chi connectivity index (χ0) is 18.3. The molecule has 26 heavy (non-hydrogen) atoms. The monoisotopic (exact) mass is 355 g/mol. The number of amides is 3. The predicted octanol–water partition coefficient (Wildman–Crippen LogP) is 2.06. The molecule has 0 spiro atoms. The van der Waals surface area contributed by atoms with Gasteiger partial charge in [-0.2, -0.15) is 4.98 Å². The van der Waals surface area contributed by atoms with Gasteiger partial charge in [0.15, 0.2) is 5.82 Å². The normalized spacial score (nSPS) is 16.7. The molecular weight excluding hydrogens is 334 g/mol. The van der Waals surface area contributed by atoms with E-state index in [1.54, 1.807) is 29.0 Å². The number of hydrogen-bond donors (Lipinski definition) is 1. The van der Waals surface area contributed by atoms with Crippen LogP contribution in [0.1, 0.15) is 46.4 Å². The molecule has 136 valence electrons. The van der Waals surface area contributed by atoms with Crippen LogP contribution in [0, 0.1) is 6.92 Å². The van der Waals surface area contributed by atoms with Crippen molar-refractivity contribution in [1.29, 1.82) is 0 Å². The van der Waals surface area contributed by atoms with Gasteiger partial charge < -0.3 is 14.7 Å². The molecule has 1 aromatic heterocycles. The first-order chi connectivity index (χ1) is 12.5. The van der Waals surface area contributed by atoms with Gasteiger partial charge in [0, 0.05) is 37.3 Å². The Morgan fingerprint density at radius 3 is 2.92 bits per heavy atom. The van der Waals surface area contributed by atoms with Gasteiger partial charge in [0.25, 0.3) is 5.91 Å². The smallest absolute Gasteiger partial charge is 0.322 e. The number of nitrogens with one attached hydrogen (secondary N) is 1. The zero-order valence-electron chi connectivity index (χ0n) is 14.9. The van der Waals surface area contributed by atoms with Crippen LogP contribution in [0.25, 0.3) is 0 Å². The van der Waals surface area contributed by atoms with Crippen molar-refractivity contribution in [3.63, 3.8) is 0 Å². The molecule has 2 aliphatic rings. The summed E-state index contributed by atoms with van der Waals surface area (Å²) in [7, 11) is 1.70. The Hall–Kier alpha value is -2.90. The number of urea groups is 1. The Bertz CT molecular complexity index is 858. The van der Waals surface area contributed by atoms with Crippen LogP contribution in [0.3, 0.4) is 0 Å². The molecule has 0 atom stereocenters. The summed E-state index contributed by atoms with van der Waals surface area (Å²) in [5.74, 6) is 1.43. The molecule has 1 aliphatic heterocycles. The summed E-state index contributed by atoms with van der Waals surface area (Å²) >= 11 is 0. The number of hydrogen-bond acceptors (Lipinski definition) is 5. The first-order valence-electron chi connectivity index (χ1n) is 8.77. The highest BCUT2D eigenvalue weighted by Crippen LogP contribution is 2.38. The van der Waals surface area contributed by atoms with Crippen molar-refractivity contribution in [2.24, 2.45) is 0 Å². The zero-order valence-corrected chi connectivity index (χ0v) is 14.9. The molecule has 4 rings (SSSR count). The summed E-state index contributed by atoms with van der Waals surface area (Å²) in [6.07, 6.45) is 2.20. The maximum absolute atomic E-state index is 12.8. The molecular formula is C18H21N5O3. The summed E-state index contributed by atoms with van der Waals surface area (Å²) in [5, 5.41) is 6.75. The molecule has 1 aliphatic carbocycles. The van der Waals surface area contributed by atoms with Crippen LogP contribution in [0.15, 0.2) is 22.7 Å². The van der Waals surface area contributed by atoms with Crippen molar-refractivity contribution in [1.82, 2.24) is 20.4 Å². The van der Waals surface area contributed by atoms with Crippen LogP contribution in [-0.2, 0) is 6.54 Å². The summed E-state index contributed by atoms with van der Waals surface area (Å²) in [6.45, 7) is 3.39. The fraction of sp³-hybridized carbons (Fsp3) is 0.444. The van der Waals surface area contributed by atoms with Crippen molar-refractivity contribution >= 4 is 17.6 Å². The first-order valence-corrected chi connectivity index (χ1v) is 8.77. The number of nitrogens with zero attached hydrogens (tertiary/aromatic N) is 4. The summed E-state index contributed by atoms with van der Waals surface area (Å²) in [4.78, 5) is 32.3. The quantitative estimate of drug-likeness (QED) is 0.886. The first kappa shape index (κ1) is 16.6. The van der Waals surface area contributed by atoms with Crippen LogP contribution >= 0.6 is 0 Å².